The number of halogens is 2. The molecule has 0 saturated carbocycles. The van der Waals surface area contributed by atoms with E-state index in [2.05, 4.69) is 5.32 Å². The lowest BCUT2D eigenvalue weighted by molar-refractivity contribution is -0.117. The summed E-state index contributed by atoms with van der Waals surface area (Å²) in [6.07, 6.45) is -0.218. The van der Waals surface area contributed by atoms with Crippen LogP contribution >= 0.6 is 0 Å². The number of nitrogens with one attached hydrogen (secondary N) is 1. The van der Waals surface area contributed by atoms with Crippen molar-refractivity contribution in [1.29, 1.82) is 0 Å². The van der Waals surface area contributed by atoms with Gasteiger partial charge in [0.1, 0.15) is 0 Å². The third-order valence-corrected chi connectivity index (χ3v) is 3.20. The van der Waals surface area contributed by atoms with Gasteiger partial charge in [0.15, 0.2) is 5.78 Å². The van der Waals surface area contributed by atoms with Crippen molar-refractivity contribution < 1.29 is 18.4 Å². The van der Waals surface area contributed by atoms with E-state index in [0.717, 1.165) is 0 Å². The molecule has 0 spiro atoms. The van der Waals surface area contributed by atoms with Crippen LogP contribution in [0.5, 0.6) is 0 Å². The lowest BCUT2D eigenvalue weighted by Crippen LogP contribution is -2.33. The highest BCUT2D eigenvalue weighted by Gasteiger charge is 2.38. The maximum absolute atomic E-state index is 13.0. The van der Waals surface area contributed by atoms with Crippen LogP contribution in [0, 0.1) is 0 Å². The fourth-order valence-electron chi connectivity index (χ4n) is 2.23. The zero-order chi connectivity index (χ0) is 14.8. The summed E-state index contributed by atoms with van der Waals surface area (Å²) in [4.78, 5) is 24.7. The molecule has 0 unspecified atom stereocenters. The number of hydrogen-bond acceptors (Lipinski definition) is 3. The molecule has 108 valence electrons. The second-order valence-corrected chi connectivity index (χ2v) is 4.97. The Morgan fingerprint density at radius 1 is 1.35 bits per heavy atom. The molecule has 0 radical (unpaired) electrons. The Bertz CT molecular complexity index is 532. The van der Waals surface area contributed by atoms with E-state index >= 15 is 0 Å². The van der Waals surface area contributed by atoms with Gasteiger partial charge in [-0.3, -0.25) is 14.5 Å². The number of nitrogens with zero attached hydrogens (tertiary/aromatic N) is 1. The number of alkyl halides is 2. The molecule has 2 rings (SSSR count). The molecular weight excluding hydrogens is 266 g/mol. The molecule has 0 atom stereocenters. The highest BCUT2D eigenvalue weighted by atomic mass is 19.3. The van der Waals surface area contributed by atoms with Crippen molar-refractivity contribution in [2.75, 3.05) is 25.0 Å². The molecule has 1 heterocycles. The molecule has 0 bridgehead atoms. The Hall–Kier alpha value is -1.82. The Morgan fingerprint density at radius 2 is 2.05 bits per heavy atom. The van der Waals surface area contributed by atoms with Gasteiger partial charge in [0.25, 0.3) is 5.92 Å². The number of rotatable bonds is 4. The molecule has 1 aliphatic heterocycles. The van der Waals surface area contributed by atoms with Crippen molar-refractivity contribution in [1.82, 2.24) is 4.90 Å². The third kappa shape index (κ3) is 3.60. The second-order valence-electron chi connectivity index (χ2n) is 4.97. The highest BCUT2D eigenvalue weighted by molar-refractivity contribution is 6.04. The number of carbonyl (C=O) groups is 2. The van der Waals surface area contributed by atoms with Crippen LogP contribution in [0.25, 0.3) is 0 Å². The van der Waals surface area contributed by atoms with Gasteiger partial charge < -0.3 is 5.32 Å². The first-order chi connectivity index (χ1) is 9.37. The van der Waals surface area contributed by atoms with Crippen LogP contribution in [-0.4, -0.2) is 42.1 Å². The van der Waals surface area contributed by atoms with Crippen LogP contribution in [0.3, 0.4) is 0 Å². The molecule has 1 aromatic carbocycles. The van der Waals surface area contributed by atoms with Gasteiger partial charge in [0.05, 0.1) is 18.8 Å². The third-order valence-electron chi connectivity index (χ3n) is 3.20. The highest BCUT2D eigenvalue weighted by Crippen LogP contribution is 2.26. The van der Waals surface area contributed by atoms with Gasteiger partial charge in [-0.15, -0.1) is 0 Å². The van der Waals surface area contributed by atoms with Crippen molar-refractivity contribution in [3.63, 3.8) is 0 Å². The number of benzene rings is 1. The molecule has 20 heavy (non-hydrogen) atoms. The minimum atomic E-state index is -2.71. The van der Waals surface area contributed by atoms with E-state index in [1.165, 1.54) is 11.8 Å². The normalized spacial score (nSPS) is 17.9. The Labute approximate surface area is 115 Å². The van der Waals surface area contributed by atoms with Crippen molar-refractivity contribution in [3.05, 3.63) is 29.8 Å². The van der Waals surface area contributed by atoms with Gasteiger partial charge in [-0.05, 0) is 19.1 Å². The minimum absolute atomic E-state index is 0.0954. The summed E-state index contributed by atoms with van der Waals surface area (Å²) in [7, 11) is 0. The van der Waals surface area contributed by atoms with Crippen LogP contribution in [0.1, 0.15) is 23.7 Å². The molecule has 1 fully saturated rings. The summed E-state index contributed by atoms with van der Waals surface area (Å²) in [5.41, 5.74) is 0.823. The van der Waals surface area contributed by atoms with Crippen LogP contribution in [0.2, 0.25) is 0 Å². The summed E-state index contributed by atoms with van der Waals surface area (Å²) in [6, 6.07) is 6.63. The molecule has 0 aromatic heterocycles. The standard InChI is InChI=1S/C14H16F2N2O2/c1-10(19)11-4-2-3-5-12(11)17-13(20)8-18-7-6-14(15,16)9-18/h2-5H,6-9H2,1H3,(H,17,20). The lowest BCUT2D eigenvalue weighted by atomic mass is 10.1. The van der Waals surface area contributed by atoms with E-state index in [-0.39, 0.29) is 25.3 Å². The van der Waals surface area contributed by atoms with Crippen molar-refractivity contribution in [2.24, 2.45) is 0 Å². The molecule has 0 aliphatic carbocycles. The lowest BCUT2D eigenvalue weighted by Gasteiger charge is -2.15. The first-order valence-electron chi connectivity index (χ1n) is 6.37. The van der Waals surface area contributed by atoms with Gasteiger partial charge in [0.2, 0.25) is 5.91 Å². The van der Waals surface area contributed by atoms with Gasteiger partial charge >= 0.3 is 0 Å². The SMILES string of the molecule is CC(=O)c1ccccc1NC(=O)CN1CCC(F)(F)C1. The summed E-state index contributed by atoms with van der Waals surface area (Å²) < 4.78 is 26.0. The zero-order valence-corrected chi connectivity index (χ0v) is 11.2. The van der Waals surface area contributed by atoms with Gasteiger partial charge in [-0.1, -0.05) is 12.1 Å². The van der Waals surface area contributed by atoms with E-state index in [0.29, 0.717) is 11.3 Å². The predicted molar refractivity (Wildman–Crippen MR) is 71.1 cm³/mol. The van der Waals surface area contributed by atoms with Crippen LogP contribution in [0.4, 0.5) is 14.5 Å². The monoisotopic (exact) mass is 282 g/mol. The summed E-state index contributed by atoms with van der Waals surface area (Å²) in [6.45, 7) is 1.12. The molecule has 1 saturated heterocycles. The number of ketones is 1. The van der Waals surface area contributed by atoms with E-state index in [1.54, 1.807) is 24.3 Å². The van der Waals surface area contributed by atoms with Crippen LogP contribution in [0.15, 0.2) is 24.3 Å². The number of likely N-dealkylation sites (tertiary alicyclic amines) is 1. The summed E-state index contributed by atoms with van der Waals surface area (Å²) >= 11 is 0. The maximum Gasteiger partial charge on any atom is 0.261 e. The Balaban J connectivity index is 1.97. The maximum atomic E-state index is 13.0. The number of Topliss-reactive ketones (excluding diaryl/α,β-unsaturated/α-hetero) is 1. The second kappa shape index (κ2) is 5.66. The zero-order valence-electron chi connectivity index (χ0n) is 11.2. The molecular formula is C14H16F2N2O2. The molecule has 1 aliphatic rings. The van der Waals surface area contributed by atoms with E-state index in [4.69, 9.17) is 0 Å². The van der Waals surface area contributed by atoms with Crippen LogP contribution < -0.4 is 5.32 Å². The average Bonchev–Trinajstić information content (AvgIpc) is 2.68. The van der Waals surface area contributed by atoms with Crippen molar-refractivity contribution in [3.8, 4) is 0 Å². The Morgan fingerprint density at radius 3 is 2.65 bits per heavy atom. The molecule has 6 heteroatoms. The quantitative estimate of drug-likeness (QED) is 0.861. The minimum Gasteiger partial charge on any atom is -0.324 e. The van der Waals surface area contributed by atoms with Crippen molar-refractivity contribution in [2.45, 2.75) is 19.3 Å². The van der Waals surface area contributed by atoms with E-state index < -0.39 is 18.4 Å². The first kappa shape index (κ1) is 14.6. The number of carbonyl (C=O) groups excluding carboxylic acids is 2. The Kier molecular flexibility index (Phi) is 4.13. The fraction of sp³-hybridized carbons (Fsp3) is 0.429. The van der Waals surface area contributed by atoms with Gasteiger partial charge in [-0.2, -0.15) is 0 Å². The molecule has 1 N–H and O–H groups in total. The topological polar surface area (TPSA) is 49.4 Å². The summed E-state index contributed by atoms with van der Waals surface area (Å²) in [5.74, 6) is -3.26. The number of hydrogen-bond donors (Lipinski definition) is 1. The van der Waals surface area contributed by atoms with E-state index in [1.807, 2.05) is 0 Å². The molecule has 1 amide bonds. The molecule has 4 nitrogen and oxygen atoms in total. The number of para-hydroxylation sites is 1. The van der Waals surface area contributed by atoms with Crippen LogP contribution in [-0.2, 0) is 4.79 Å². The first-order valence-corrected chi connectivity index (χ1v) is 6.37. The van der Waals surface area contributed by atoms with E-state index in [9.17, 15) is 18.4 Å². The van der Waals surface area contributed by atoms with Crippen molar-refractivity contribution >= 4 is 17.4 Å². The number of amides is 1. The van der Waals surface area contributed by atoms with Gasteiger partial charge in [0, 0.05) is 18.5 Å². The van der Waals surface area contributed by atoms with Gasteiger partial charge in [-0.25, -0.2) is 8.78 Å². The summed E-state index contributed by atoms with van der Waals surface area (Å²) in [5, 5.41) is 2.60. The number of anilines is 1. The smallest absolute Gasteiger partial charge is 0.261 e. The predicted octanol–water partition coefficient (Wildman–Crippen LogP) is 2.17. The largest absolute Gasteiger partial charge is 0.324 e. The molecule has 1 aromatic rings. The average molecular weight is 282 g/mol. The fourth-order valence-corrected chi connectivity index (χ4v) is 2.23.